The van der Waals surface area contributed by atoms with E-state index < -0.39 is 5.97 Å². The third-order valence-electron chi connectivity index (χ3n) is 3.48. The standard InChI is InChI=1S/C14H16N4O5S2/c19-11(17-1-3-23-4-2-17)6-10-16-18-12(20)5-9(15-14(18)25-10)7-24-8-13(21)22/h5H,1-4,6-8H2,(H,21,22). The number of carboxylic acid groups (broad SMARTS) is 1. The number of ether oxygens (including phenoxy) is 1. The van der Waals surface area contributed by atoms with E-state index in [9.17, 15) is 14.4 Å². The van der Waals surface area contributed by atoms with E-state index in [1.807, 2.05) is 0 Å². The average Bonchev–Trinajstić information content (AvgIpc) is 2.98. The lowest BCUT2D eigenvalue weighted by Crippen LogP contribution is -2.41. The molecule has 11 heteroatoms. The predicted molar refractivity (Wildman–Crippen MR) is 92.0 cm³/mol. The molecule has 0 unspecified atom stereocenters. The summed E-state index contributed by atoms with van der Waals surface area (Å²) in [5.41, 5.74) is 0.170. The number of fused-ring (bicyclic) bond motifs is 1. The number of rotatable bonds is 6. The van der Waals surface area contributed by atoms with Gasteiger partial charge in [-0.1, -0.05) is 11.3 Å². The molecule has 1 N–H and O–H groups in total. The van der Waals surface area contributed by atoms with E-state index in [2.05, 4.69) is 10.1 Å². The molecule has 2 aromatic rings. The summed E-state index contributed by atoms with van der Waals surface area (Å²) in [6.45, 7) is 2.19. The number of carbonyl (C=O) groups is 2. The highest BCUT2D eigenvalue weighted by atomic mass is 32.2. The minimum atomic E-state index is -0.912. The third-order valence-corrected chi connectivity index (χ3v) is 5.34. The number of nitrogens with zero attached hydrogens (tertiary/aromatic N) is 4. The van der Waals surface area contributed by atoms with Crippen molar-refractivity contribution in [1.29, 1.82) is 0 Å². The Bertz CT molecular complexity index is 843. The van der Waals surface area contributed by atoms with Crippen LogP contribution in [0.15, 0.2) is 10.9 Å². The van der Waals surface area contributed by atoms with Crippen LogP contribution in [0.5, 0.6) is 0 Å². The fraction of sp³-hybridized carbons (Fsp3) is 0.500. The minimum Gasteiger partial charge on any atom is -0.481 e. The summed E-state index contributed by atoms with van der Waals surface area (Å²) in [6.07, 6.45) is 0.122. The van der Waals surface area contributed by atoms with Crippen LogP contribution in [0.3, 0.4) is 0 Å². The Hall–Kier alpha value is -1.98. The number of carboxylic acids is 1. The van der Waals surface area contributed by atoms with E-state index in [0.29, 0.717) is 47.7 Å². The molecule has 1 aliphatic rings. The molecule has 0 radical (unpaired) electrons. The molecule has 134 valence electrons. The third kappa shape index (κ3) is 4.55. The molecule has 1 saturated heterocycles. The van der Waals surface area contributed by atoms with E-state index >= 15 is 0 Å². The molecule has 0 aromatic carbocycles. The van der Waals surface area contributed by atoms with E-state index in [1.54, 1.807) is 4.90 Å². The zero-order valence-corrected chi connectivity index (χ0v) is 14.8. The van der Waals surface area contributed by atoms with Crippen molar-refractivity contribution in [3.63, 3.8) is 0 Å². The molecule has 0 saturated carbocycles. The van der Waals surface area contributed by atoms with Crippen LogP contribution in [0.4, 0.5) is 0 Å². The van der Waals surface area contributed by atoms with Gasteiger partial charge in [0.05, 0.1) is 31.1 Å². The first-order valence-corrected chi connectivity index (χ1v) is 9.54. The van der Waals surface area contributed by atoms with E-state index in [4.69, 9.17) is 9.84 Å². The van der Waals surface area contributed by atoms with Crippen molar-refractivity contribution in [3.05, 3.63) is 27.1 Å². The van der Waals surface area contributed by atoms with Crippen LogP contribution in [-0.4, -0.2) is 68.5 Å². The average molecular weight is 384 g/mol. The van der Waals surface area contributed by atoms with Crippen LogP contribution in [-0.2, 0) is 26.5 Å². The van der Waals surface area contributed by atoms with Gasteiger partial charge in [-0.3, -0.25) is 14.4 Å². The van der Waals surface area contributed by atoms with Crippen LogP contribution in [0.2, 0.25) is 0 Å². The second-order valence-corrected chi connectivity index (χ2v) is 7.36. The normalized spacial score (nSPS) is 14.8. The Kier molecular flexibility index (Phi) is 5.66. The van der Waals surface area contributed by atoms with Gasteiger partial charge in [0.25, 0.3) is 5.56 Å². The summed E-state index contributed by atoms with van der Waals surface area (Å²) < 4.78 is 6.40. The number of hydrogen-bond donors (Lipinski definition) is 1. The topological polar surface area (TPSA) is 114 Å². The fourth-order valence-electron chi connectivity index (χ4n) is 2.34. The van der Waals surface area contributed by atoms with Gasteiger partial charge in [-0.15, -0.1) is 11.8 Å². The van der Waals surface area contributed by atoms with Crippen molar-refractivity contribution >= 4 is 39.9 Å². The van der Waals surface area contributed by atoms with Gasteiger partial charge in [-0.05, 0) is 0 Å². The molecule has 0 bridgehead atoms. The first-order chi connectivity index (χ1) is 12.0. The Balaban J connectivity index is 1.72. The maximum Gasteiger partial charge on any atom is 0.313 e. The van der Waals surface area contributed by atoms with Crippen LogP contribution >= 0.6 is 23.1 Å². The number of amides is 1. The van der Waals surface area contributed by atoms with Gasteiger partial charge in [0.15, 0.2) is 0 Å². The minimum absolute atomic E-state index is 0.0485. The Labute approximate surface area is 150 Å². The van der Waals surface area contributed by atoms with Crippen molar-refractivity contribution in [2.24, 2.45) is 0 Å². The highest BCUT2D eigenvalue weighted by molar-refractivity contribution is 7.99. The molecule has 0 atom stereocenters. The lowest BCUT2D eigenvalue weighted by molar-refractivity contribution is -0.135. The zero-order chi connectivity index (χ0) is 17.8. The lowest BCUT2D eigenvalue weighted by Gasteiger charge is -2.26. The highest BCUT2D eigenvalue weighted by Crippen LogP contribution is 2.15. The summed E-state index contributed by atoms with van der Waals surface area (Å²) in [5.74, 6) is -0.682. The lowest BCUT2D eigenvalue weighted by atomic mass is 10.3. The largest absolute Gasteiger partial charge is 0.481 e. The molecule has 0 spiro atoms. The number of aliphatic carboxylic acids is 1. The summed E-state index contributed by atoms with van der Waals surface area (Å²) in [4.78, 5) is 41.4. The van der Waals surface area contributed by atoms with Gasteiger partial charge in [-0.2, -0.15) is 9.61 Å². The van der Waals surface area contributed by atoms with Crippen molar-refractivity contribution in [2.45, 2.75) is 12.2 Å². The smallest absolute Gasteiger partial charge is 0.313 e. The molecule has 3 rings (SSSR count). The predicted octanol–water partition coefficient (Wildman–Crippen LogP) is -0.130. The molecule has 3 heterocycles. The SMILES string of the molecule is O=C(O)CSCc1cc(=O)n2nc(CC(=O)N3CCOCC3)sc2n1. The molecular weight excluding hydrogens is 368 g/mol. The van der Waals surface area contributed by atoms with Crippen LogP contribution in [0.1, 0.15) is 10.7 Å². The number of aromatic nitrogens is 3. The first kappa shape index (κ1) is 17.8. The molecule has 1 aliphatic heterocycles. The van der Waals surface area contributed by atoms with Gasteiger partial charge in [-0.25, -0.2) is 4.98 Å². The molecule has 1 fully saturated rings. The maximum absolute atomic E-state index is 12.3. The summed E-state index contributed by atoms with van der Waals surface area (Å²) in [5, 5.41) is 13.4. The summed E-state index contributed by atoms with van der Waals surface area (Å²) >= 11 is 2.36. The fourth-order valence-corrected chi connectivity index (χ4v) is 3.88. The van der Waals surface area contributed by atoms with Crippen molar-refractivity contribution in [2.75, 3.05) is 32.1 Å². The van der Waals surface area contributed by atoms with Crippen LogP contribution in [0, 0.1) is 0 Å². The quantitative estimate of drug-likeness (QED) is 0.733. The van der Waals surface area contributed by atoms with E-state index in [0.717, 1.165) is 0 Å². The molecule has 1 amide bonds. The molecule has 9 nitrogen and oxygen atoms in total. The molecule has 25 heavy (non-hydrogen) atoms. The van der Waals surface area contributed by atoms with Crippen LogP contribution in [0.25, 0.3) is 4.96 Å². The maximum atomic E-state index is 12.3. The Morgan fingerprint density at radius 1 is 1.36 bits per heavy atom. The number of thioether (sulfide) groups is 1. The molecule has 0 aliphatic carbocycles. The highest BCUT2D eigenvalue weighted by Gasteiger charge is 2.19. The van der Waals surface area contributed by atoms with Gasteiger partial charge in [0.2, 0.25) is 10.9 Å². The number of carbonyl (C=O) groups excluding carboxylic acids is 1. The Morgan fingerprint density at radius 3 is 2.84 bits per heavy atom. The second kappa shape index (κ2) is 7.93. The molecular formula is C14H16N4O5S2. The van der Waals surface area contributed by atoms with Gasteiger partial charge in [0, 0.05) is 24.9 Å². The monoisotopic (exact) mass is 384 g/mol. The molecule has 2 aromatic heterocycles. The van der Waals surface area contributed by atoms with Crippen molar-refractivity contribution in [3.8, 4) is 0 Å². The zero-order valence-electron chi connectivity index (χ0n) is 13.2. The van der Waals surface area contributed by atoms with Crippen molar-refractivity contribution < 1.29 is 19.4 Å². The summed E-state index contributed by atoms with van der Waals surface area (Å²) in [6, 6.07) is 1.34. The van der Waals surface area contributed by atoms with Gasteiger partial charge < -0.3 is 14.7 Å². The second-order valence-electron chi connectivity index (χ2n) is 5.33. The summed E-state index contributed by atoms with van der Waals surface area (Å²) in [7, 11) is 0. The van der Waals surface area contributed by atoms with Gasteiger partial charge in [0.1, 0.15) is 5.01 Å². The Morgan fingerprint density at radius 2 is 2.12 bits per heavy atom. The number of morpholine rings is 1. The van der Waals surface area contributed by atoms with E-state index in [1.165, 1.54) is 33.7 Å². The van der Waals surface area contributed by atoms with Gasteiger partial charge >= 0.3 is 5.97 Å². The van der Waals surface area contributed by atoms with E-state index in [-0.39, 0.29) is 23.6 Å². The van der Waals surface area contributed by atoms with Crippen LogP contribution < -0.4 is 5.56 Å². The van der Waals surface area contributed by atoms with Crippen molar-refractivity contribution in [1.82, 2.24) is 19.5 Å². The first-order valence-electron chi connectivity index (χ1n) is 7.56. The number of hydrogen-bond acceptors (Lipinski definition) is 8.